The molecule has 100 valence electrons. The van der Waals surface area contributed by atoms with Gasteiger partial charge in [-0.15, -0.1) is 0 Å². The molecule has 1 fully saturated rings. The van der Waals surface area contributed by atoms with Crippen molar-refractivity contribution in [3.63, 3.8) is 0 Å². The topological polar surface area (TPSA) is 47.4 Å². The van der Waals surface area contributed by atoms with Gasteiger partial charge in [0.2, 0.25) is 0 Å². The third-order valence-corrected chi connectivity index (χ3v) is 3.47. The smallest absolute Gasteiger partial charge is 0.323 e. The van der Waals surface area contributed by atoms with E-state index in [0.29, 0.717) is 6.61 Å². The van der Waals surface area contributed by atoms with Crippen LogP contribution in [0.25, 0.3) is 0 Å². The van der Waals surface area contributed by atoms with Crippen molar-refractivity contribution in [2.75, 3.05) is 19.7 Å². The van der Waals surface area contributed by atoms with Crippen LogP contribution in [0, 0.1) is 0 Å². The van der Waals surface area contributed by atoms with Gasteiger partial charge in [-0.2, -0.15) is 0 Å². The van der Waals surface area contributed by atoms with Crippen LogP contribution in [0.4, 0.5) is 0 Å². The number of carbonyl (C=O) groups excluding carboxylic acids is 1. The Kier molecular flexibility index (Phi) is 4.36. The number of carbonyl (C=O) groups is 1. The van der Waals surface area contributed by atoms with Crippen molar-refractivity contribution in [2.45, 2.75) is 32.2 Å². The van der Waals surface area contributed by atoms with E-state index in [9.17, 15) is 4.79 Å². The number of esters is 1. The molecule has 1 aromatic rings. The van der Waals surface area contributed by atoms with Crippen molar-refractivity contribution in [1.82, 2.24) is 14.5 Å². The van der Waals surface area contributed by atoms with Gasteiger partial charge in [0, 0.05) is 32.4 Å². The van der Waals surface area contributed by atoms with E-state index in [1.807, 2.05) is 30.9 Å². The highest BCUT2D eigenvalue weighted by Gasteiger charge is 2.31. The van der Waals surface area contributed by atoms with Crippen LogP contribution >= 0.6 is 0 Å². The largest absolute Gasteiger partial charge is 0.465 e. The highest BCUT2D eigenvalue weighted by molar-refractivity contribution is 5.76. The van der Waals surface area contributed by atoms with Gasteiger partial charge >= 0.3 is 5.97 Å². The monoisotopic (exact) mass is 251 g/mol. The number of hydrogen-bond donors (Lipinski definition) is 0. The van der Waals surface area contributed by atoms with Crippen LogP contribution in [0.5, 0.6) is 0 Å². The van der Waals surface area contributed by atoms with E-state index in [-0.39, 0.29) is 12.0 Å². The Hall–Kier alpha value is -1.36. The number of likely N-dealkylation sites (tertiary alicyclic amines) is 1. The van der Waals surface area contributed by atoms with Crippen molar-refractivity contribution in [1.29, 1.82) is 0 Å². The van der Waals surface area contributed by atoms with E-state index >= 15 is 0 Å². The summed E-state index contributed by atoms with van der Waals surface area (Å²) in [5.74, 6) is 0.986. The highest BCUT2D eigenvalue weighted by Crippen LogP contribution is 2.18. The molecule has 0 spiro atoms. The average Bonchev–Trinajstić information content (AvgIpc) is 2.95. The van der Waals surface area contributed by atoms with Crippen LogP contribution in [0.3, 0.4) is 0 Å². The van der Waals surface area contributed by atoms with Crippen molar-refractivity contribution in [3.8, 4) is 0 Å². The second-order valence-corrected chi connectivity index (χ2v) is 4.65. The van der Waals surface area contributed by atoms with Crippen molar-refractivity contribution in [3.05, 3.63) is 18.2 Å². The third-order valence-electron chi connectivity index (χ3n) is 3.47. The molecule has 1 aromatic heterocycles. The fourth-order valence-corrected chi connectivity index (χ4v) is 2.48. The summed E-state index contributed by atoms with van der Waals surface area (Å²) in [6.07, 6.45) is 6.62. The normalized spacial score (nSPS) is 20.2. The quantitative estimate of drug-likeness (QED) is 0.732. The van der Waals surface area contributed by atoms with E-state index in [1.165, 1.54) is 0 Å². The van der Waals surface area contributed by atoms with E-state index in [4.69, 9.17) is 4.74 Å². The summed E-state index contributed by atoms with van der Waals surface area (Å²) in [7, 11) is 2.00. The van der Waals surface area contributed by atoms with Gasteiger partial charge in [0.05, 0.1) is 6.61 Å². The Morgan fingerprint density at radius 3 is 3.11 bits per heavy atom. The van der Waals surface area contributed by atoms with Crippen LogP contribution < -0.4 is 0 Å². The van der Waals surface area contributed by atoms with Crippen LogP contribution in [-0.4, -0.2) is 46.2 Å². The molecule has 0 aliphatic carbocycles. The Morgan fingerprint density at radius 1 is 1.61 bits per heavy atom. The molecule has 0 aromatic carbocycles. The Labute approximate surface area is 108 Å². The number of imidazole rings is 1. The fraction of sp³-hybridized carbons (Fsp3) is 0.692. The lowest BCUT2D eigenvalue weighted by molar-refractivity contribution is -0.148. The lowest BCUT2D eigenvalue weighted by Gasteiger charge is -2.22. The maximum absolute atomic E-state index is 11.8. The average molecular weight is 251 g/mol. The minimum absolute atomic E-state index is 0.0507. The van der Waals surface area contributed by atoms with Crippen molar-refractivity contribution < 1.29 is 9.53 Å². The first kappa shape index (κ1) is 13.1. The lowest BCUT2D eigenvalue weighted by Crippen LogP contribution is -2.38. The number of aromatic nitrogens is 2. The number of rotatable bonds is 5. The lowest BCUT2D eigenvalue weighted by atomic mass is 10.2. The molecule has 5 heteroatoms. The number of hydrogen-bond acceptors (Lipinski definition) is 4. The summed E-state index contributed by atoms with van der Waals surface area (Å²) < 4.78 is 7.14. The maximum Gasteiger partial charge on any atom is 0.323 e. The molecule has 5 nitrogen and oxygen atoms in total. The highest BCUT2D eigenvalue weighted by atomic mass is 16.5. The van der Waals surface area contributed by atoms with Gasteiger partial charge in [0.1, 0.15) is 11.9 Å². The Morgan fingerprint density at radius 2 is 2.44 bits per heavy atom. The van der Waals surface area contributed by atoms with Gasteiger partial charge in [-0.3, -0.25) is 9.69 Å². The third kappa shape index (κ3) is 2.90. The van der Waals surface area contributed by atoms with Crippen LogP contribution in [-0.2, 0) is 23.0 Å². The van der Waals surface area contributed by atoms with Crippen molar-refractivity contribution >= 4 is 5.97 Å². The molecule has 1 atom stereocenters. The second kappa shape index (κ2) is 6.00. The summed E-state index contributed by atoms with van der Waals surface area (Å²) in [5.41, 5.74) is 0. The molecule has 0 amide bonds. The summed E-state index contributed by atoms with van der Waals surface area (Å²) >= 11 is 0. The van der Waals surface area contributed by atoms with E-state index < -0.39 is 0 Å². The molecule has 1 saturated heterocycles. The number of nitrogens with zero attached hydrogens (tertiary/aromatic N) is 3. The van der Waals surface area contributed by atoms with Gasteiger partial charge < -0.3 is 9.30 Å². The zero-order chi connectivity index (χ0) is 13.0. The summed E-state index contributed by atoms with van der Waals surface area (Å²) in [6, 6.07) is -0.0507. The summed E-state index contributed by atoms with van der Waals surface area (Å²) in [6.45, 7) is 4.16. The fourth-order valence-electron chi connectivity index (χ4n) is 2.48. The molecule has 1 aliphatic heterocycles. The predicted octanol–water partition coefficient (Wildman–Crippen LogP) is 0.990. The first-order valence-electron chi connectivity index (χ1n) is 6.59. The molecule has 1 unspecified atom stereocenters. The molecule has 2 heterocycles. The summed E-state index contributed by atoms with van der Waals surface area (Å²) in [4.78, 5) is 18.3. The molecule has 1 aliphatic rings. The Balaban J connectivity index is 1.88. The minimum Gasteiger partial charge on any atom is -0.465 e. The second-order valence-electron chi connectivity index (χ2n) is 4.65. The van der Waals surface area contributed by atoms with Crippen LogP contribution in [0.2, 0.25) is 0 Å². The minimum atomic E-state index is -0.0742. The molecule has 2 rings (SSSR count). The van der Waals surface area contributed by atoms with Gasteiger partial charge in [0.15, 0.2) is 0 Å². The zero-order valence-corrected chi connectivity index (χ0v) is 11.1. The SMILES string of the molecule is CCOC(=O)C1CCCN1CCc1nccn1C. The summed E-state index contributed by atoms with van der Waals surface area (Å²) in [5, 5.41) is 0. The van der Waals surface area contributed by atoms with Gasteiger partial charge in [-0.25, -0.2) is 4.98 Å². The Bertz CT molecular complexity index is 403. The number of aryl methyl sites for hydroxylation is 1. The van der Waals surface area contributed by atoms with Crippen molar-refractivity contribution in [2.24, 2.45) is 7.05 Å². The number of ether oxygens (including phenoxy) is 1. The first-order valence-corrected chi connectivity index (χ1v) is 6.59. The molecule has 0 bridgehead atoms. The predicted molar refractivity (Wildman–Crippen MR) is 68.1 cm³/mol. The zero-order valence-electron chi connectivity index (χ0n) is 11.1. The molecular weight excluding hydrogens is 230 g/mol. The molecule has 0 saturated carbocycles. The molecule has 0 N–H and O–H groups in total. The molecular formula is C13H21N3O2. The van der Waals surface area contributed by atoms with E-state index in [1.54, 1.807) is 0 Å². The van der Waals surface area contributed by atoms with Gasteiger partial charge in [-0.05, 0) is 26.3 Å². The van der Waals surface area contributed by atoms with Crippen LogP contribution in [0.1, 0.15) is 25.6 Å². The van der Waals surface area contributed by atoms with E-state index in [2.05, 4.69) is 9.88 Å². The maximum atomic E-state index is 11.8. The van der Waals surface area contributed by atoms with Crippen LogP contribution in [0.15, 0.2) is 12.4 Å². The molecule has 18 heavy (non-hydrogen) atoms. The first-order chi connectivity index (χ1) is 8.72. The van der Waals surface area contributed by atoms with Gasteiger partial charge in [-0.1, -0.05) is 0 Å². The van der Waals surface area contributed by atoms with Gasteiger partial charge in [0.25, 0.3) is 0 Å². The molecule has 0 radical (unpaired) electrons. The van der Waals surface area contributed by atoms with E-state index in [0.717, 1.165) is 38.2 Å². The standard InChI is InChI=1S/C13H21N3O2/c1-3-18-13(17)11-5-4-8-16(11)9-6-12-14-7-10-15(12)2/h7,10-11H,3-6,8-9H2,1-2H3.